The molecule has 0 aromatic heterocycles. The van der Waals surface area contributed by atoms with Gasteiger partial charge in [0.15, 0.2) is 0 Å². The van der Waals surface area contributed by atoms with Crippen LogP contribution in [0.15, 0.2) is 22.7 Å². The van der Waals surface area contributed by atoms with Crippen molar-refractivity contribution in [1.82, 2.24) is 5.43 Å². The number of nitrogens with two attached hydrogens (primary N) is 1. The van der Waals surface area contributed by atoms with Gasteiger partial charge >= 0.3 is 0 Å². The van der Waals surface area contributed by atoms with Crippen molar-refractivity contribution in [1.29, 1.82) is 0 Å². The van der Waals surface area contributed by atoms with Crippen molar-refractivity contribution in [3.63, 3.8) is 0 Å². The molecule has 0 spiro atoms. The van der Waals surface area contributed by atoms with Crippen molar-refractivity contribution >= 4 is 27.7 Å². The Morgan fingerprint density at radius 2 is 2.17 bits per heavy atom. The predicted octanol–water partition coefficient (Wildman–Crippen LogP) is 2.97. The molecule has 0 bridgehead atoms. The molecular weight excluding hydrogens is 312 g/mol. The lowest BCUT2D eigenvalue weighted by Gasteiger charge is -2.18. The van der Waals surface area contributed by atoms with Crippen LogP contribution in [0.25, 0.3) is 0 Å². The summed E-state index contributed by atoms with van der Waals surface area (Å²) >= 11 is 5.48. The van der Waals surface area contributed by atoms with Gasteiger partial charge in [-0.1, -0.05) is 29.8 Å². The molecule has 1 aromatic rings. The number of hydrogen-bond donors (Lipinski definition) is 2. The maximum Gasteiger partial charge on any atom is 0.119 e. The first-order valence-electron chi connectivity index (χ1n) is 5.97. The van der Waals surface area contributed by atoms with E-state index >= 15 is 0 Å². The van der Waals surface area contributed by atoms with Gasteiger partial charge in [-0.25, -0.2) is 0 Å². The summed E-state index contributed by atoms with van der Waals surface area (Å²) in [6, 6.07) is 6.27. The van der Waals surface area contributed by atoms with Crippen LogP contribution >= 0.6 is 27.7 Å². The van der Waals surface area contributed by atoms with Crippen LogP contribution < -0.4 is 16.0 Å². The lowest BCUT2D eigenvalue weighted by atomic mass is 10.1. The Morgan fingerprint density at radius 1 is 1.44 bits per heavy atom. The van der Waals surface area contributed by atoms with E-state index in [1.54, 1.807) is 7.11 Å². The summed E-state index contributed by atoms with van der Waals surface area (Å²) < 4.78 is 6.34. The standard InChI is InChI=1S/C13H21BrN2OS/c1-9(2)18-8-11(16-15)6-10-7-12(17-3)4-5-13(10)14/h4-5,7,9,11,16H,6,8,15H2,1-3H3. The summed E-state index contributed by atoms with van der Waals surface area (Å²) in [6.45, 7) is 4.39. The second-order valence-corrected chi connectivity index (χ2v) is 6.87. The van der Waals surface area contributed by atoms with Gasteiger partial charge in [0.25, 0.3) is 0 Å². The molecule has 1 unspecified atom stereocenters. The molecular formula is C13H21BrN2OS. The molecule has 0 aliphatic rings. The van der Waals surface area contributed by atoms with E-state index in [4.69, 9.17) is 10.6 Å². The van der Waals surface area contributed by atoms with E-state index in [0.717, 1.165) is 22.4 Å². The predicted molar refractivity (Wildman–Crippen MR) is 83.1 cm³/mol. The molecule has 0 aliphatic carbocycles. The summed E-state index contributed by atoms with van der Waals surface area (Å²) in [5, 5.41) is 0.620. The molecule has 0 saturated carbocycles. The van der Waals surface area contributed by atoms with Gasteiger partial charge < -0.3 is 4.74 Å². The second kappa shape index (κ2) is 8.04. The Labute approximate surface area is 122 Å². The van der Waals surface area contributed by atoms with Gasteiger partial charge in [0, 0.05) is 16.3 Å². The fourth-order valence-electron chi connectivity index (χ4n) is 1.57. The maximum atomic E-state index is 5.62. The van der Waals surface area contributed by atoms with Gasteiger partial charge in [0.1, 0.15) is 5.75 Å². The van der Waals surface area contributed by atoms with E-state index in [1.807, 2.05) is 23.9 Å². The molecule has 3 N–H and O–H groups in total. The van der Waals surface area contributed by atoms with E-state index < -0.39 is 0 Å². The molecule has 0 saturated heterocycles. The molecule has 3 nitrogen and oxygen atoms in total. The molecule has 102 valence electrons. The summed E-state index contributed by atoms with van der Waals surface area (Å²) in [4.78, 5) is 0. The normalized spacial score (nSPS) is 12.8. The van der Waals surface area contributed by atoms with Gasteiger partial charge in [-0.15, -0.1) is 0 Å². The van der Waals surface area contributed by atoms with Gasteiger partial charge in [-0.3, -0.25) is 11.3 Å². The Bertz CT molecular complexity index is 374. The first kappa shape index (κ1) is 15.8. The maximum absolute atomic E-state index is 5.62. The van der Waals surface area contributed by atoms with Crippen molar-refractivity contribution in [2.24, 2.45) is 5.84 Å². The van der Waals surface area contributed by atoms with Crippen LogP contribution in [-0.2, 0) is 6.42 Å². The van der Waals surface area contributed by atoms with E-state index in [0.29, 0.717) is 5.25 Å². The topological polar surface area (TPSA) is 47.3 Å². The van der Waals surface area contributed by atoms with Crippen molar-refractivity contribution in [3.8, 4) is 5.75 Å². The van der Waals surface area contributed by atoms with Crippen LogP contribution in [-0.4, -0.2) is 24.2 Å². The van der Waals surface area contributed by atoms with E-state index in [-0.39, 0.29) is 6.04 Å². The number of thioether (sulfide) groups is 1. The molecule has 18 heavy (non-hydrogen) atoms. The monoisotopic (exact) mass is 332 g/mol. The Kier molecular flexibility index (Phi) is 7.07. The van der Waals surface area contributed by atoms with Crippen LogP contribution in [0.1, 0.15) is 19.4 Å². The summed E-state index contributed by atoms with van der Waals surface area (Å²) in [7, 11) is 1.68. The van der Waals surface area contributed by atoms with Crippen LogP contribution in [0.4, 0.5) is 0 Å². The van der Waals surface area contributed by atoms with Crippen molar-refractivity contribution in [2.75, 3.05) is 12.9 Å². The number of halogens is 1. The zero-order chi connectivity index (χ0) is 13.5. The number of benzene rings is 1. The van der Waals surface area contributed by atoms with Gasteiger partial charge in [0.05, 0.1) is 7.11 Å². The fraction of sp³-hybridized carbons (Fsp3) is 0.538. The lowest BCUT2D eigenvalue weighted by Crippen LogP contribution is -2.39. The van der Waals surface area contributed by atoms with Gasteiger partial charge in [-0.05, 0) is 35.4 Å². The fourth-order valence-corrected chi connectivity index (χ4v) is 2.81. The Balaban J connectivity index is 2.68. The van der Waals surface area contributed by atoms with Crippen LogP contribution in [0.2, 0.25) is 0 Å². The van der Waals surface area contributed by atoms with Gasteiger partial charge in [0.2, 0.25) is 0 Å². The number of hydrazine groups is 1. The highest BCUT2D eigenvalue weighted by Gasteiger charge is 2.12. The molecule has 0 radical (unpaired) electrons. The smallest absolute Gasteiger partial charge is 0.119 e. The van der Waals surface area contributed by atoms with Crippen molar-refractivity contribution in [2.45, 2.75) is 31.6 Å². The number of nitrogens with one attached hydrogen (secondary N) is 1. The number of methoxy groups -OCH3 is 1. The summed E-state index contributed by atoms with van der Waals surface area (Å²) in [5.41, 5.74) is 4.10. The highest BCUT2D eigenvalue weighted by Crippen LogP contribution is 2.24. The van der Waals surface area contributed by atoms with Crippen molar-refractivity contribution in [3.05, 3.63) is 28.2 Å². The number of rotatable bonds is 7. The van der Waals surface area contributed by atoms with E-state index in [2.05, 4.69) is 41.3 Å². The molecule has 0 heterocycles. The highest BCUT2D eigenvalue weighted by atomic mass is 79.9. The average molecular weight is 333 g/mol. The first-order chi connectivity index (χ1) is 8.56. The van der Waals surface area contributed by atoms with Gasteiger partial charge in [-0.2, -0.15) is 11.8 Å². The molecule has 1 rings (SSSR count). The number of ether oxygens (including phenoxy) is 1. The molecule has 1 aromatic carbocycles. The van der Waals surface area contributed by atoms with Crippen LogP contribution in [0.5, 0.6) is 5.75 Å². The first-order valence-corrected chi connectivity index (χ1v) is 7.81. The Hall–Kier alpha value is -0.230. The third kappa shape index (κ3) is 5.18. The summed E-state index contributed by atoms with van der Waals surface area (Å²) in [5.74, 6) is 7.49. The number of hydrogen-bond acceptors (Lipinski definition) is 4. The SMILES string of the molecule is COc1ccc(Br)c(CC(CSC(C)C)NN)c1. The summed E-state index contributed by atoms with van der Waals surface area (Å²) in [6.07, 6.45) is 0.883. The van der Waals surface area contributed by atoms with E-state index in [1.165, 1.54) is 5.56 Å². The average Bonchev–Trinajstić information content (AvgIpc) is 2.36. The van der Waals surface area contributed by atoms with Crippen LogP contribution in [0.3, 0.4) is 0 Å². The molecule has 0 amide bonds. The third-order valence-electron chi connectivity index (χ3n) is 2.59. The molecule has 0 fully saturated rings. The molecule has 5 heteroatoms. The highest BCUT2D eigenvalue weighted by molar-refractivity contribution is 9.10. The Morgan fingerprint density at radius 3 is 2.72 bits per heavy atom. The van der Waals surface area contributed by atoms with E-state index in [9.17, 15) is 0 Å². The third-order valence-corrected chi connectivity index (χ3v) is 4.62. The molecule has 1 atom stereocenters. The van der Waals surface area contributed by atoms with Crippen LogP contribution in [0, 0.1) is 0 Å². The largest absolute Gasteiger partial charge is 0.497 e. The minimum absolute atomic E-state index is 0.265. The lowest BCUT2D eigenvalue weighted by molar-refractivity contribution is 0.414. The minimum Gasteiger partial charge on any atom is -0.497 e. The molecule has 0 aliphatic heterocycles. The zero-order valence-corrected chi connectivity index (χ0v) is 13.5. The van der Waals surface area contributed by atoms with Crippen molar-refractivity contribution < 1.29 is 4.74 Å². The zero-order valence-electron chi connectivity index (χ0n) is 11.1. The minimum atomic E-state index is 0.265. The quantitative estimate of drug-likeness (QED) is 0.595. The second-order valence-electron chi connectivity index (χ2n) is 4.41.